The quantitative estimate of drug-likeness (QED) is 0.249. The van der Waals surface area contributed by atoms with Crippen molar-refractivity contribution in [3.8, 4) is 0 Å². The molecule has 0 saturated carbocycles. The maximum atomic E-state index is 13.1. The number of aliphatic carboxylic acids is 1. The van der Waals surface area contributed by atoms with Crippen LogP contribution >= 0.6 is 0 Å². The van der Waals surface area contributed by atoms with Gasteiger partial charge in [0.1, 0.15) is 24.4 Å². The van der Waals surface area contributed by atoms with E-state index in [0.717, 1.165) is 0 Å². The van der Waals surface area contributed by atoms with E-state index in [2.05, 4.69) is 15.0 Å². The molecule has 4 heterocycles. The number of ether oxygens (including phenoxy) is 1. The third kappa shape index (κ3) is 3.07. The third-order valence-electron chi connectivity index (χ3n) is 5.40. The number of H-pyrrole nitrogens is 1. The summed E-state index contributed by atoms with van der Waals surface area (Å²) in [6.07, 6.45) is -3.08. The Labute approximate surface area is 168 Å². The van der Waals surface area contributed by atoms with Crippen LogP contribution in [-0.4, -0.2) is 81.3 Å². The Hall–Kier alpha value is -2.84. The number of carboxylic acids is 1. The number of carbonyl (C=O) groups is 1. The van der Waals surface area contributed by atoms with Crippen LogP contribution in [0.4, 0.5) is 0 Å². The molecule has 0 amide bonds. The molecule has 7 N–H and O–H groups in total. The number of hydrogen-bond acceptors (Lipinski definition) is 9. The van der Waals surface area contributed by atoms with Crippen LogP contribution < -0.4 is 11.3 Å². The molecule has 1 aliphatic heterocycles. The Morgan fingerprint density at radius 1 is 1.40 bits per heavy atom. The Morgan fingerprint density at radius 3 is 2.77 bits per heavy atom. The monoisotopic (exact) mass is 422 g/mol. The zero-order valence-electron chi connectivity index (χ0n) is 16.0. The van der Waals surface area contributed by atoms with Gasteiger partial charge in [-0.3, -0.25) is 14.2 Å². The molecule has 1 unspecified atom stereocenters. The number of hydrogen-bond donors (Lipinski definition) is 6. The van der Waals surface area contributed by atoms with E-state index in [9.17, 15) is 24.9 Å². The molecule has 5 atom stereocenters. The van der Waals surface area contributed by atoms with Crippen LogP contribution in [-0.2, 0) is 16.0 Å². The second-order valence-corrected chi connectivity index (χ2v) is 7.31. The molecule has 3 aromatic heterocycles. The summed E-state index contributed by atoms with van der Waals surface area (Å²) in [5, 5.41) is 38.5. The van der Waals surface area contributed by atoms with E-state index >= 15 is 0 Å². The molecule has 3 aromatic rings. The van der Waals surface area contributed by atoms with E-state index < -0.39 is 48.7 Å². The van der Waals surface area contributed by atoms with E-state index in [4.69, 9.17) is 15.6 Å². The van der Waals surface area contributed by atoms with Gasteiger partial charge in [0.25, 0.3) is 5.56 Å². The molecule has 0 radical (unpaired) electrons. The van der Waals surface area contributed by atoms with Gasteiger partial charge in [-0.2, -0.15) is 4.98 Å². The summed E-state index contributed by atoms with van der Waals surface area (Å²) in [4.78, 5) is 35.6. The smallest absolute Gasteiger partial charge is 0.320 e. The number of nitrogens with two attached hydrogens (primary N) is 1. The first kappa shape index (κ1) is 20.4. The first-order chi connectivity index (χ1) is 14.2. The number of aliphatic hydroxyl groups excluding tert-OH is 3. The van der Waals surface area contributed by atoms with Crippen molar-refractivity contribution < 1.29 is 30.0 Å². The van der Waals surface area contributed by atoms with Crippen LogP contribution in [0.3, 0.4) is 0 Å². The molecule has 1 aliphatic rings. The normalized spacial score (nSPS) is 25.4. The lowest BCUT2D eigenvalue weighted by Crippen LogP contribution is -2.33. The van der Waals surface area contributed by atoms with Crippen molar-refractivity contribution in [1.82, 2.24) is 23.9 Å². The van der Waals surface area contributed by atoms with Gasteiger partial charge in [-0.15, -0.1) is 0 Å². The predicted octanol–water partition coefficient (Wildman–Crippen LogP) is -2.36. The minimum Gasteiger partial charge on any atom is -0.480 e. The van der Waals surface area contributed by atoms with Gasteiger partial charge in [-0.05, 0) is 19.8 Å². The minimum absolute atomic E-state index is 0.00743. The predicted molar refractivity (Wildman–Crippen MR) is 101 cm³/mol. The summed E-state index contributed by atoms with van der Waals surface area (Å²) >= 11 is 0. The maximum Gasteiger partial charge on any atom is 0.320 e. The average Bonchev–Trinajstić information content (AvgIpc) is 3.35. The number of aryl methyl sites for hydroxylation is 2. The van der Waals surface area contributed by atoms with Gasteiger partial charge in [0.05, 0.1) is 12.9 Å². The van der Waals surface area contributed by atoms with Crippen LogP contribution in [0.1, 0.15) is 24.0 Å². The number of rotatable bonds is 6. The van der Waals surface area contributed by atoms with E-state index in [1.165, 1.54) is 15.3 Å². The van der Waals surface area contributed by atoms with Crippen LogP contribution in [0.5, 0.6) is 0 Å². The minimum atomic E-state index is -1.35. The lowest BCUT2D eigenvalue weighted by molar-refractivity contribution is -0.138. The number of carboxylic acid groups (broad SMARTS) is 1. The van der Waals surface area contributed by atoms with Crippen molar-refractivity contribution in [3.05, 3.63) is 28.1 Å². The summed E-state index contributed by atoms with van der Waals surface area (Å²) in [7, 11) is 0. The fourth-order valence-electron chi connectivity index (χ4n) is 3.72. The average molecular weight is 422 g/mol. The van der Waals surface area contributed by atoms with E-state index in [0.29, 0.717) is 11.4 Å². The number of imidazole rings is 2. The summed E-state index contributed by atoms with van der Waals surface area (Å²) in [6.45, 7) is 1.24. The van der Waals surface area contributed by atoms with Crippen molar-refractivity contribution in [2.45, 2.75) is 50.3 Å². The highest BCUT2D eigenvalue weighted by Crippen LogP contribution is 2.31. The van der Waals surface area contributed by atoms with Gasteiger partial charge in [0.15, 0.2) is 17.4 Å². The third-order valence-corrected chi connectivity index (χ3v) is 5.40. The van der Waals surface area contributed by atoms with Gasteiger partial charge in [0, 0.05) is 11.4 Å². The van der Waals surface area contributed by atoms with Gasteiger partial charge < -0.3 is 35.9 Å². The van der Waals surface area contributed by atoms with Gasteiger partial charge in [-0.1, -0.05) is 0 Å². The first-order valence-electron chi connectivity index (χ1n) is 9.32. The van der Waals surface area contributed by atoms with Crippen LogP contribution in [0, 0.1) is 6.92 Å². The van der Waals surface area contributed by atoms with Crippen molar-refractivity contribution in [2.75, 3.05) is 6.61 Å². The van der Waals surface area contributed by atoms with Crippen molar-refractivity contribution in [1.29, 1.82) is 0 Å². The Morgan fingerprint density at radius 2 is 2.13 bits per heavy atom. The molecule has 0 spiro atoms. The van der Waals surface area contributed by atoms with Crippen LogP contribution in [0.2, 0.25) is 0 Å². The number of nitrogens with one attached hydrogen (secondary N) is 1. The largest absolute Gasteiger partial charge is 0.480 e. The summed E-state index contributed by atoms with van der Waals surface area (Å²) in [5.74, 6) is -0.921. The molecular weight excluding hydrogens is 400 g/mol. The number of aliphatic hydroxyl groups is 3. The second-order valence-electron chi connectivity index (χ2n) is 7.31. The lowest BCUT2D eigenvalue weighted by atomic mass is 10.1. The molecule has 1 saturated heterocycles. The van der Waals surface area contributed by atoms with E-state index in [1.54, 1.807) is 6.92 Å². The van der Waals surface area contributed by atoms with Gasteiger partial charge in [0.2, 0.25) is 5.78 Å². The van der Waals surface area contributed by atoms with Crippen molar-refractivity contribution >= 4 is 22.9 Å². The fourth-order valence-corrected chi connectivity index (χ4v) is 3.72. The standard InChI is InChI=1S/C17H22N6O7/c1-6-8(3-2-7(18)16(28)29)23-14(27)10-13(21-17(23)20-6)22(5-19-10)15-12(26)11(25)9(4-24)30-15/h5,7,9,11-12,15,24-26H,2-4,18H2,1H3,(H,20,21)(H,28,29)/t7?,9-,11-,12-,15-/m1/s1. The number of fused-ring (bicyclic) bond motifs is 2. The zero-order chi connectivity index (χ0) is 21.7. The van der Waals surface area contributed by atoms with E-state index in [1.807, 2.05) is 0 Å². The maximum absolute atomic E-state index is 13.1. The Kier molecular flexibility index (Phi) is 5.07. The lowest BCUT2D eigenvalue weighted by Gasteiger charge is -2.16. The van der Waals surface area contributed by atoms with E-state index in [-0.39, 0.29) is 29.8 Å². The number of aromatic amines is 1. The zero-order valence-corrected chi connectivity index (χ0v) is 16.0. The fraction of sp³-hybridized carbons (Fsp3) is 0.529. The Balaban J connectivity index is 1.78. The van der Waals surface area contributed by atoms with Gasteiger partial charge in [-0.25, -0.2) is 9.38 Å². The molecular formula is C17H22N6O7. The molecule has 13 nitrogen and oxygen atoms in total. The number of aromatic nitrogens is 5. The number of nitrogens with zero attached hydrogens (tertiary/aromatic N) is 4. The SMILES string of the molecule is Cc1[nH]c2nc3c(ncn3[C@@H]3O[C@H](CO)[C@@H](O)[C@H]3O)c(=O)n2c1CCC(N)C(=O)O. The molecule has 1 fully saturated rings. The highest BCUT2D eigenvalue weighted by Gasteiger charge is 2.44. The summed E-state index contributed by atoms with van der Waals surface area (Å²) in [6, 6.07) is -1.06. The second kappa shape index (κ2) is 7.45. The Bertz CT molecular complexity index is 1170. The highest BCUT2D eigenvalue weighted by atomic mass is 16.6. The summed E-state index contributed by atoms with van der Waals surface area (Å²) in [5.41, 5.74) is 6.40. The molecule has 0 aromatic carbocycles. The van der Waals surface area contributed by atoms with Crippen molar-refractivity contribution in [3.63, 3.8) is 0 Å². The van der Waals surface area contributed by atoms with Crippen molar-refractivity contribution in [2.24, 2.45) is 5.73 Å². The molecule has 4 rings (SSSR count). The topological polar surface area (TPSA) is 201 Å². The summed E-state index contributed by atoms with van der Waals surface area (Å²) < 4.78 is 8.15. The highest BCUT2D eigenvalue weighted by molar-refractivity contribution is 5.73. The molecule has 0 aliphatic carbocycles. The first-order valence-corrected chi connectivity index (χ1v) is 9.32. The van der Waals surface area contributed by atoms with Crippen LogP contribution in [0.25, 0.3) is 16.9 Å². The molecule has 0 bridgehead atoms. The molecule has 162 valence electrons. The van der Waals surface area contributed by atoms with Crippen LogP contribution in [0.15, 0.2) is 11.1 Å². The molecule has 13 heteroatoms. The molecule has 30 heavy (non-hydrogen) atoms. The van der Waals surface area contributed by atoms with Gasteiger partial charge >= 0.3 is 5.97 Å².